The Bertz CT molecular complexity index is 1670. The van der Waals surface area contributed by atoms with Crippen LogP contribution in [0.4, 0.5) is 4.79 Å². The van der Waals surface area contributed by atoms with Crippen LogP contribution in [0.1, 0.15) is 35.5 Å². The van der Waals surface area contributed by atoms with Crippen molar-refractivity contribution in [1.29, 1.82) is 0 Å². The standard InChI is InChI=1S/C37H39N5O5/c1-24(2)33(40-34(44)29-15-9-10-20-38-29)36(46)39-30(21-25-11-5-3-6-12-25)32(43)23-42-31(35(45)41-37(42)47)22-26-16-18-28(19-17-26)27-13-7-4-8-14-27/h3-20,24,30-33,43H,21-23H2,1-2H3,(H,39,46)(H,40,44)(H,41,45,47)/t30-,31-,32-,33-/m0/s1. The van der Waals surface area contributed by atoms with E-state index in [0.29, 0.717) is 0 Å². The van der Waals surface area contributed by atoms with Crippen LogP contribution in [0, 0.1) is 5.92 Å². The van der Waals surface area contributed by atoms with E-state index in [4.69, 9.17) is 0 Å². The average Bonchev–Trinajstić information content (AvgIpc) is 3.35. The monoisotopic (exact) mass is 633 g/mol. The Morgan fingerprint density at radius 3 is 2.11 bits per heavy atom. The number of benzene rings is 3. The fraction of sp³-hybridized carbons (Fsp3) is 0.270. The first-order chi connectivity index (χ1) is 22.7. The Hall–Kier alpha value is -5.35. The molecule has 0 aliphatic carbocycles. The molecule has 4 N–H and O–H groups in total. The second-order valence-corrected chi connectivity index (χ2v) is 12.0. The number of carbonyl (C=O) groups excluding carboxylic acids is 4. The molecule has 3 aromatic carbocycles. The van der Waals surface area contributed by atoms with Crippen LogP contribution in [0.15, 0.2) is 109 Å². The van der Waals surface area contributed by atoms with E-state index in [-0.39, 0.29) is 31.0 Å². The number of nitrogens with zero attached hydrogens (tertiary/aromatic N) is 2. The summed E-state index contributed by atoms with van der Waals surface area (Å²) < 4.78 is 0. The highest BCUT2D eigenvalue weighted by Gasteiger charge is 2.40. The number of β-amino-alcohol motifs (C(OH)–C–C–N with tert-alkyl or cyclic N) is 1. The van der Waals surface area contributed by atoms with E-state index in [0.717, 1.165) is 22.3 Å². The highest BCUT2D eigenvalue weighted by atomic mass is 16.3. The highest BCUT2D eigenvalue weighted by Crippen LogP contribution is 2.22. The predicted octanol–water partition coefficient (Wildman–Crippen LogP) is 3.75. The molecule has 1 aliphatic rings. The van der Waals surface area contributed by atoms with E-state index < -0.39 is 48.0 Å². The van der Waals surface area contributed by atoms with Crippen molar-refractivity contribution in [2.75, 3.05) is 6.54 Å². The number of urea groups is 1. The van der Waals surface area contributed by atoms with Crippen LogP contribution in [0.25, 0.3) is 11.1 Å². The van der Waals surface area contributed by atoms with Gasteiger partial charge in [0, 0.05) is 12.6 Å². The predicted molar refractivity (Wildman–Crippen MR) is 178 cm³/mol. The molecule has 10 heteroatoms. The number of imide groups is 1. The minimum Gasteiger partial charge on any atom is -0.389 e. The minimum atomic E-state index is -1.24. The number of amides is 5. The van der Waals surface area contributed by atoms with E-state index in [1.807, 2.05) is 98.8 Å². The van der Waals surface area contributed by atoms with E-state index in [2.05, 4.69) is 20.9 Å². The number of carbonyl (C=O) groups is 4. The number of aliphatic hydroxyl groups excluding tert-OH is 1. The van der Waals surface area contributed by atoms with Crippen molar-refractivity contribution in [1.82, 2.24) is 25.8 Å². The lowest BCUT2D eigenvalue weighted by atomic mass is 9.97. The highest BCUT2D eigenvalue weighted by molar-refractivity contribution is 6.04. The number of nitrogens with one attached hydrogen (secondary N) is 3. The maximum atomic E-state index is 13.6. The van der Waals surface area contributed by atoms with Crippen molar-refractivity contribution >= 4 is 23.8 Å². The van der Waals surface area contributed by atoms with Crippen LogP contribution < -0.4 is 16.0 Å². The Morgan fingerprint density at radius 1 is 0.830 bits per heavy atom. The number of rotatable bonds is 13. The van der Waals surface area contributed by atoms with Crippen LogP contribution in [0.3, 0.4) is 0 Å². The molecule has 0 radical (unpaired) electrons. The molecule has 10 nitrogen and oxygen atoms in total. The fourth-order valence-corrected chi connectivity index (χ4v) is 5.64. The molecule has 1 aromatic heterocycles. The summed E-state index contributed by atoms with van der Waals surface area (Å²) in [5, 5.41) is 19.6. The van der Waals surface area contributed by atoms with Gasteiger partial charge in [-0.15, -0.1) is 0 Å². The number of hydrogen-bond acceptors (Lipinski definition) is 6. The molecule has 242 valence electrons. The summed E-state index contributed by atoms with van der Waals surface area (Å²) in [4.78, 5) is 57.8. The Morgan fingerprint density at radius 2 is 1.47 bits per heavy atom. The lowest BCUT2D eigenvalue weighted by molar-refractivity contribution is -0.126. The van der Waals surface area contributed by atoms with E-state index in [9.17, 15) is 24.3 Å². The van der Waals surface area contributed by atoms with Crippen LogP contribution in [0.5, 0.6) is 0 Å². The van der Waals surface area contributed by atoms with Crippen LogP contribution >= 0.6 is 0 Å². The van der Waals surface area contributed by atoms with Gasteiger partial charge in [-0.25, -0.2) is 4.79 Å². The van der Waals surface area contributed by atoms with E-state index >= 15 is 0 Å². The summed E-state index contributed by atoms with van der Waals surface area (Å²) in [6.07, 6.45) is 0.766. The number of aromatic nitrogens is 1. The van der Waals surface area contributed by atoms with Crippen molar-refractivity contribution in [3.8, 4) is 11.1 Å². The zero-order chi connectivity index (χ0) is 33.3. The molecule has 0 bridgehead atoms. The maximum absolute atomic E-state index is 13.6. The fourth-order valence-electron chi connectivity index (χ4n) is 5.64. The van der Waals surface area contributed by atoms with Gasteiger partial charge in [-0.3, -0.25) is 24.7 Å². The summed E-state index contributed by atoms with van der Waals surface area (Å²) >= 11 is 0. The van der Waals surface area contributed by atoms with Gasteiger partial charge < -0.3 is 20.6 Å². The smallest absolute Gasteiger partial charge is 0.324 e. The molecule has 0 unspecified atom stereocenters. The normalized spacial score (nSPS) is 16.3. The van der Waals surface area contributed by atoms with E-state index in [1.54, 1.807) is 18.2 Å². The maximum Gasteiger partial charge on any atom is 0.324 e. The lowest BCUT2D eigenvalue weighted by Crippen LogP contribution is -2.57. The Balaban J connectivity index is 1.31. The summed E-state index contributed by atoms with van der Waals surface area (Å²) in [6.45, 7) is 3.42. The molecule has 47 heavy (non-hydrogen) atoms. The van der Waals surface area contributed by atoms with Gasteiger partial charge in [0.15, 0.2) is 0 Å². The molecule has 2 heterocycles. The quantitative estimate of drug-likeness (QED) is 0.165. The first-order valence-corrected chi connectivity index (χ1v) is 15.7. The third kappa shape index (κ3) is 8.47. The largest absolute Gasteiger partial charge is 0.389 e. The summed E-state index contributed by atoms with van der Waals surface area (Å²) in [7, 11) is 0. The number of pyridine rings is 1. The molecule has 0 spiro atoms. The number of hydrogen-bond donors (Lipinski definition) is 4. The van der Waals surface area contributed by atoms with Crippen molar-refractivity contribution in [2.45, 2.75) is 50.9 Å². The van der Waals surface area contributed by atoms with Gasteiger partial charge in [-0.2, -0.15) is 0 Å². The first kappa shape index (κ1) is 33.0. The van der Waals surface area contributed by atoms with Crippen molar-refractivity contribution in [3.63, 3.8) is 0 Å². The molecular weight excluding hydrogens is 594 g/mol. The van der Waals surface area contributed by atoms with Gasteiger partial charge in [-0.05, 0) is 46.7 Å². The van der Waals surface area contributed by atoms with Gasteiger partial charge >= 0.3 is 6.03 Å². The molecule has 5 amide bonds. The molecule has 1 fully saturated rings. The second-order valence-electron chi connectivity index (χ2n) is 12.0. The Labute approximate surface area is 274 Å². The van der Waals surface area contributed by atoms with Gasteiger partial charge in [0.1, 0.15) is 17.8 Å². The molecule has 0 saturated carbocycles. The lowest BCUT2D eigenvalue weighted by Gasteiger charge is -2.31. The SMILES string of the molecule is CC(C)[C@H](NC(=O)c1ccccn1)C(=O)N[C@@H](Cc1ccccc1)[C@@H](O)CN1C(=O)NC(=O)[C@@H]1Cc1ccc(-c2ccccc2)cc1. The van der Waals surface area contributed by atoms with Crippen LogP contribution in [-0.2, 0) is 22.4 Å². The minimum absolute atomic E-state index is 0.178. The summed E-state index contributed by atoms with van der Waals surface area (Å²) in [6, 6.07) is 28.8. The zero-order valence-electron chi connectivity index (χ0n) is 26.4. The van der Waals surface area contributed by atoms with Crippen molar-refractivity contribution in [3.05, 3.63) is 126 Å². The second kappa shape index (κ2) is 15.3. The number of aliphatic hydroxyl groups is 1. The average molecular weight is 634 g/mol. The zero-order valence-corrected chi connectivity index (χ0v) is 26.4. The van der Waals surface area contributed by atoms with Crippen molar-refractivity contribution in [2.24, 2.45) is 5.92 Å². The molecule has 4 aromatic rings. The van der Waals surface area contributed by atoms with Crippen LogP contribution in [-0.4, -0.2) is 69.5 Å². The summed E-state index contributed by atoms with van der Waals surface area (Å²) in [5.74, 6) is -1.71. The van der Waals surface area contributed by atoms with Gasteiger partial charge in [0.2, 0.25) is 5.91 Å². The van der Waals surface area contributed by atoms with Gasteiger partial charge in [0.05, 0.1) is 18.7 Å². The van der Waals surface area contributed by atoms with Crippen LogP contribution in [0.2, 0.25) is 0 Å². The Kier molecular flexibility index (Phi) is 10.7. The molecule has 5 rings (SSSR count). The van der Waals surface area contributed by atoms with Gasteiger partial charge in [0.25, 0.3) is 11.8 Å². The molecule has 1 saturated heterocycles. The molecular formula is C37H39N5O5. The summed E-state index contributed by atoms with van der Waals surface area (Å²) in [5.41, 5.74) is 3.99. The van der Waals surface area contributed by atoms with Crippen molar-refractivity contribution < 1.29 is 24.3 Å². The molecule has 1 aliphatic heterocycles. The first-order valence-electron chi connectivity index (χ1n) is 15.7. The topological polar surface area (TPSA) is 141 Å². The third-order valence-corrected chi connectivity index (χ3v) is 8.27. The third-order valence-electron chi connectivity index (χ3n) is 8.27. The van der Waals surface area contributed by atoms with Gasteiger partial charge in [-0.1, -0.05) is 105 Å². The van der Waals surface area contributed by atoms with E-state index in [1.165, 1.54) is 11.1 Å². The molecule has 4 atom stereocenters.